The number of rotatable bonds is 5. The Morgan fingerprint density at radius 1 is 1.14 bits per heavy atom. The van der Waals surface area contributed by atoms with Gasteiger partial charge in [0.15, 0.2) is 0 Å². The SMILES string of the molecule is CC(Sc1ccccc1Br)C(=O)NC(C)c1ccc(F)cc1. The first-order valence-electron chi connectivity index (χ1n) is 6.94. The van der Waals surface area contributed by atoms with Gasteiger partial charge in [-0.2, -0.15) is 0 Å². The molecule has 2 atom stereocenters. The summed E-state index contributed by atoms with van der Waals surface area (Å²) in [7, 11) is 0. The number of hydrogen-bond donors (Lipinski definition) is 1. The molecule has 0 aliphatic carbocycles. The van der Waals surface area contributed by atoms with Crippen molar-refractivity contribution in [3.63, 3.8) is 0 Å². The zero-order chi connectivity index (χ0) is 16.1. The number of amides is 1. The fourth-order valence-corrected chi connectivity index (χ4v) is 3.41. The monoisotopic (exact) mass is 381 g/mol. The van der Waals surface area contributed by atoms with Crippen molar-refractivity contribution in [2.24, 2.45) is 0 Å². The predicted octanol–water partition coefficient (Wildman–Crippen LogP) is 4.95. The minimum Gasteiger partial charge on any atom is -0.349 e. The zero-order valence-corrected chi connectivity index (χ0v) is 14.7. The number of carbonyl (C=O) groups is 1. The number of halogens is 2. The highest BCUT2D eigenvalue weighted by atomic mass is 79.9. The lowest BCUT2D eigenvalue weighted by Gasteiger charge is -2.18. The third-order valence-corrected chi connectivity index (χ3v) is 5.37. The van der Waals surface area contributed by atoms with Gasteiger partial charge in [-0.1, -0.05) is 24.3 Å². The second-order valence-corrected chi connectivity index (χ2v) is 7.21. The minimum absolute atomic E-state index is 0.0439. The van der Waals surface area contributed by atoms with Crippen molar-refractivity contribution in [3.05, 3.63) is 64.4 Å². The number of carbonyl (C=O) groups excluding carboxylic acids is 1. The van der Waals surface area contributed by atoms with E-state index in [0.29, 0.717) is 0 Å². The van der Waals surface area contributed by atoms with Crippen LogP contribution in [0.2, 0.25) is 0 Å². The Balaban J connectivity index is 1.96. The van der Waals surface area contributed by atoms with Crippen molar-refractivity contribution in [2.45, 2.75) is 30.0 Å². The van der Waals surface area contributed by atoms with Gasteiger partial charge >= 0.3 is 0 Å². The maximum atomic E-state index is 12.9. The largest absolute Gasteiger partial charge is 0.349 e. The molecule has 0 aliphatic rings. The molecule has 0 spiro atoms. The third-order valence-electron chi connectivity index (χ3n) is 3.24. The van der Waals surface area contributed by atoms with Gasteiger partial charge in [-0.05, 0) is 59.6 Å². The summed E-state index contributed by atoms with van der Waals surface area (Å²) in [5.41, 5.74) is 0.882. The molecule has 2 nitrogen and oxygen atoms in total. The Hall–Kier alpha value is -1.33. The number of thioether (sulfide) groups is 1. The second-order valence-electron chi connectivity index (χ2n) is 4.97. The van der Waals surface area contributed by atoms with Gasteiger partial charge in [-0.15, -0.1) is 11.8 Å². The van der Waals surface area contributed by atoms with Crippen LogP contribution in [0.5, 0.6) is 0 Å². The van der Waals surface area contributed by atoms with E-state index in [0.717, 1.165) is 14.9 Å². The lowest BCUT2D eigenvalue weighted by Crippen LogP contribution is -2.33. The van der Waals surface area contributed by atoms with Crippen LogP contribution in [-0.4, -0.2) is 11.2 Å². The molecule has 0 aliphatic heterocycles. The van der Waals surface area contributed by atoms with Crippen LogP contribution in [0, 0.1) is 5.82 Å². The molecule has 0 saturated carbocycles. The van der Waals surface area contributed by atoms with E-state index in [9.17, 15) is 9.18 Å². The smallest absolute Gasteiger partial charge is 0.233 e. The lowest BCUT2D eigenvalue weighted by molar-refractivity contribution is -0.120. The highest BCUT2D eigenvalue weighted by molar-refractivity contribution is 9.10. The molecule has 0 bridgehead atoms. The predicted molar refractivity (Wildman–Crippen MR) is 92.4 cm³/mol. The van der Waals surface area contributed by atoms with Gasteiger partial charge in [0.05, 0.1) is 11.3 Å². The summed E-state index contributed by atoms with van der Waals surface area (Å²) in [6, 6.07) is 13.8. The van der Waals surface area contributed by atoms with Crippen LogP contribution >= 0.6 is 27.7 Å². The van der Waals surface area contributed by atoms with E-state index in [-0.39, 0.29) is 23.0 Å². The third kappa shape index (κ3) is 4.58. The molecule has 2 unspecified atom stereocenters. The van der Waals surface area contributed by atoms with Gasteiger partial charge < -0.3 is 5.32 Å². The molecular formula is C17H17BrFNOS. The van der Waals surface area contributed by atoms with Crippen LogP contribution in [0.3, 0.4) is 0 Å². The van der Waals surface area contributed by atoms with Crippen LogP contribution in [0.25, 0.3) is 0 Å². The van der Waals surface area contributed by atoms with Gasteiger partial charge in [-0.25, -0.2) is 4.39 Å². The number of nitrogens with one attached hydrogen (secondary N) is 1. The van der Waals surface area contributed by atoms with Crippen molar-refractivity contribution in [1.82, 2.24) is 5.32 Å². The van der Waals surface area contributed by atoms with Crippen molar-refractivity contribution in [2.75, 3.05) is 0 Å². The summed E-state index contributed by atoms with van der Waals surface area (Å²) in [6.45, 7) is 3.76. The highest BCUT2D eigenvalue weighted by Crippen LogP contribution is 2.30. The maximum Gasteiger partial charge on any atom is 0.233 e. The molecule has 22 heavy (non-hydrogen) atoms. The van der Waals surface area contributed by atoms with E-state index in [2.05, 4.69) is 21.2 Å². The molecule has 0 heterocycles. The molecule has 1 amide bonds. The molecule has 116 valence electrons. The van der Waals surface area contributed by atoms with Gasteiger partial charge in [-0.3, -0.25) is 4.79 Å². The average Bonchev–Trinajstić information content (AvgIpc) is 2.50. The van der Waals surface area contributed by atoms with Crippen molar-refractivity contribution in [3.8, 4) is 0 Å². The topological polar surface area (TPSA) is 29.1 Å². The Morgan fingerprint density at radius 3 is 2.41 bits per heavy atom. The normalized spacial score (nSPS) is 13.5. The summed E-state index contributed by atoms with van der Waals surface area (Å²) in [5.74, 6) is -0.322. The summed E-state index contributed by atoms with van der Waals surface area (Å²) < 4.78 is 13.9. The summed E-state index contributed by atoms with van der Waals surface area (Å²) in [4.78, 5) is 13.3. The molecule has 2 rings (SSSR count). The molecular weight excluding hydrogens is 365 g/mol. The minimum atomic E-state index is -0.278. The maximum absolute atomic E-state index is 12.9. The molecule has 2 aromatic carbocycles. The van der Waals surface area contributed by atoms with E-state index in [1.54, 1.807) is 12.1 Å². The van der Waals surface area contributed by atoms with Gasteiger partial charge in [0, 0.05) is 9.37 Å². The summed E-state index contributed by atoms with van der Waals surface area (Å²) in [6.07, 6.45) is 0. The average molecular weight is 382 g/mol. The molecule has 2 aromatic rings. The van der Waals surface area contributed by atoms with E-state index < -0.39 is 0 Å². The van der Waals surface area contributed by atoms with Crippen LogP contribution < -0.4 is 5.32 Å². The molecule has 1 N–H and O–H groups in total. The Bertz CT molecular complexity index is 647. The lowest BCUT2D eigenvalue weighted by atomic mass is 10.1. The van der Waals surface area contributed by atoms with Crippen LogP contribution in [0.4, 0.5) is 4.39 Å². The summed E-state index contributed by atoms with van der Waals surface area (Å²) >= 11 is 4.98. The first kappa shape index (κ1) is 17.0. The van der Waals surface area contributed by atoms with Crippen LogP contribution in [-0.2, 0) is 4.79 Å². The summed E-state index contributed by atoms with van der Waals surface area (Å²) in [5, 5.41) is 2.74. The molecule has 0 saturated heterocycles. The fraction of sp³-hybridized carbons (Fsp3) is 0.235. The van der Waals surface area contributed by atoms with Crippen molar-refractivity contribution < 1.29 is 9.18 Å². The van der Waals surface area contributed by atoms with Crippen molar-refractivity contribution >= 4 is 33.6 Å². The van der Waals surface area contributed by atoms with Crippen molar-refractivity contribution in [1.29, 1.82) is 0 Å². The molecule has 5 heteroatoms. The van der Waals surface area contributed by atoms with E-state index in [1.165, 1.54) is 23.9 Å². The van der Waals surface area contributed by atoms with E-state index >= 15 is 0 Å². The fourth-order valence-electron chi connectivity index (χ4n) is 1.95. The first-order valence-corrected chi connectivity index (χ1v) is 8.61. The van der Waals surface area contributed by atoms with E-state index in [1.807, 2.05) is 38.1 Å². The van der Waals surface area contributed by atoms with E-state index in [4.69, 9.17) is 0 Å². The quantitative estimate of drug-likeness (QED) is 0.742. The number of benzene rings is 2. The molecule has 0 fully saturated rings. The van der Waals surface area contributed by atoms with Crippen LogP contribution in [0.1, 0.15) is 25.5 Å². The molecule has 0 radical (unpaired) electrons. The Morgan fingerprint density at radius 2 is 1.77 bits per heavy atom. The molecule has 0 aromatic heterocycles. The van der Waals surface area contributed by atoms with Gasteiger partial charge in [0.25, 0.3) is 0 Å². The Labute approximate surface area is 142 Å². The van der Waals surface area contributed by atoms with Crippen LogP contribution in [0.15, 0.2) is 57.9 Å². The zero-order valence-electron chi connectivity index (χ0n) is 12.3. The van der Waals surface area contributed by atoms with Gasteiger partial charge in [0.2, 0.25) is 5.91 Å². The van der Waals surface area contributed by atoms with Gasteiger partial charge in [0.1, 0.15) is 5.82 Å². The standard InChI is InChI=1S/C17H17BrFNOS/c1-11(13-7-9-14(19)10-8-13)20-17(21)12(2)22-16-6-4-3-5-15(16)18/h3-12H,1-2H3,(H,20,21). The number of hydrogen-bond acceptors (Lipinski definition) is 2. The first-order chi connectivity index (χ1) is 10.5. The Kier molecular flexibility index (Phi) is 6.03. The second kappa shape index (κ2) is 7.79. The highest BCUT2D eigenvalue weighted by Gasteiger charge is 2.18.